The molecule has 0 atom stereocenters. The third kappa shape index (κ3) is 3.80. The van der Waals surface area contributed by atoms with Crippen LogP contribution in [0.4, 0.5) is 5.69 Å². The van der Waals surface area contributed by atoms with E-state index in [1.807, 2.05) is 12.1 Å². The van der Waals surface area contributed by atoms with Crippen molar-refractivity contribution in [1.82, 2.24) is 9.55 Å². The highest BCUT2D eigenvalue weighted by atomic mass is 32.2. The highest BCUT2D eigenvalue weighted by Crippen LogP contribution is 2.20. The van der Waals surface area contributed by atoms with Gasteiger partial charge in [0.2, 0.25) is 0 Å². The molecular formula is C17H15N3O4S. The van der Waals surface area contributed by atoms with E-state index in [-0.39, 0.29) is 11.2 Å². The van der Waals surface area contributed by atoms with Crippen molar-refractivity contribution in [2.24, 2.45) is 7.05 Å². The fraction of sp³-hybridized carbons (Fsp3) is 0.176. The molecule has 0 saturated heterocycles. The van der Waals surface area contributed by atoms with Gasteiger partial charge in [-0.05, 0) is 18.2 Å². The Morgan fingerprint density at radius 1 is 1.24 bits per heavy atom. The zero-order valence-corrected chi connectivity index (χ0v) is 14.2. The molecule has 0 amide bonds. The van der Waals surface area contributed by atoms with Crippen LogP contribution in [0.2, 0.25) is 0 Å². The zero-order chi connectivity index (χ0) is 17.8. The van der Waals surface area contributed by atoms with Gasteiger partial charge < -0.3 is 4.74 Å². The van der Waals surface area contributed by atoms with E-state index in [4.69, 9.17) is 4.74 Å². The number of hydrogen-bond acceptors (Lipinski definition) is 6. The number of aromatic nitrogens is 2. The molecule has 0 radical (unpaired) electrons. The summed E-state index contributed by atoms with van der Waals surface area (Å²) in [4.78, 5) is 27.1. The minimum Gasteiger partial charge on any atom is -0.492 e. The van der Waals surface area contributed by atoms with Gasteiger partial charge in [-0.1, -0.05) is 30.0 Å². The summed E-state index contributed by atoms with van der Waals surface area (Å²) in [7, 11) is 1.69. The Hall–Kier alpha value is -2.87. The Morgan fingerprint density at radius 2 is 2.04 bits per heavy atom. The molecule has 25 heavy (non-hydrogen) atoms. The Labute approximate surface area is 147 Å². The topological polar surface area (TPSA) is 87.3 Å². The molecule has 8 heteroatoms. The van der Waals surface area contributed by atoms with Crippen LogP contribution in [-0.2, 0) is 7.05 Å². The molecule has 3 aromatic rings. The largest absolute Gasteiger partial charge is 0.492 e. The average Bonchev–Trinajstić information content (AvgIpc) is 2.63. The van der Waals surface area contributed by atoms with E-state index in [1.165, 1.54) is 28.5 Å². The highest BCUT2D eigenvalue weighted by Gasteiger charge is 2.09. The molecule has 0 N–H and O–H groups in total. The first kappa shape index (κ1) is 17.0. The number of para-hydroxylation sites is 1. The number of nitro benzene ring substituents is 1. The first-order chi connectivity index (χ1) is 12.1. The summed E-state index contributed by atoms with van der Waals surface area (Å²) in [5.41, 5.74) is 0.559. The molecule has 0 aliphatic rings. The number of fused-ring (bicyclic) bond motifs is 1. The predicted octanol–water partition coefficient (Wildman–Crippen LogP) is 3.01. The van der Waals surface area contributed by atoms with Crippen LogP contribution in [0.1, 0.15) is 0 Å². The summed E-state index contributed by atoms with van der Waals surface area (Å²) in [6.45, 7) is 0.342. The van der Waals surface area contributed by atoms with Crippen LogP contribution in [-0.4, -0.2) is 26.8 Å². The molecule has 0 fully saturated rings. The summed E-state index contributed by atoms with van der Waals surface area (Å²) in [5.74, 6) is 0.997. The monoisotopic (exact) mass is 357 g/mol. The lowest BCUT2D eigenvalue weighted by Gasteiger charge is -2.09. The van der Waals surface area contributed by atoms with Gasteiger partial charge in [0.15, 0.2) is 5.16 Å². The molecule has 1 aromatic heterocycles. The normalized spacial score (nSPS) is 10.8. The van der Waals surface area contributed by atoms with Crippen molar-refractivity contribution in [2.45, 2.75) is 5.16 Å². The molecule has 1 heterocycles. The van der Waals surface area contributed by atoms with Gasteiger partial charge in [0, 0.05) is 18.9 Å². The van der Waals surface area contributed by atoms with Crippen molar-refractivity contribution in [1.29, 1.82) is 0 Å². The lowest BCUT2D eigenvalue weighted by molar-refractivity contribution is -0.384. The zero-order valence-electron chi connectivity index (χ0n) is 13.4. The summed E-state index contributed by atoms with van der Waals surface area (Å²) in [5, 5.41) is 11.9. The standard InChI is InChI=1S/C17H15N3O4S/c1-19-16(21)14-7-2-3-8-15(14)18-17(19)25-10-9-24-13-6-4-5-12(11-13)20(22)23/h2-8,11H,9-10H2,1H3. The second-order valence-corrected chi connectivity index (χ2v) is 6.29. The maximum Gasteiger partial charge on any atom is 0.273 e. The second kappa shape index (κ2) is 7.35. The average molecular weight is 357 g/mol. The SMILES string of the molecule is Cn1c(SCCOc2cccc([N+](=O)[O-])c2)nc2ccccc2c1=O. The van der Waals surface area contributed by atoms with Gasteiger partial charge in [0.1, 0.15) is 5.75 Å². The van der Waals surface area contributed by atoms with E-state index >= 15 is 0 Å². The van der Waals surface area contributed by atoms with Gasteiger partial charge in [0.05, 0.1) is 28.5 Å². The first-order valence-electron chi connectivity index (χ1n) is 7.52. The summed E-state index contributed by atoms with van der Waals surface area (Å²) in [6, 6.07) is 13.3. The first-order valence-corrected chi connectivity index (χ1v) is 8.50. The number of nitro groups is 1. The fourth-order valence-electron chi connectivity index (χ4n) is 2.31. The van der Waals surface area contributed by atoms with Crippen molar-refractivity contribution in [3.63, 3.8) is 0 Å². The molecule has 0 spiro atoms. The molecule has 0 aliphatic heterocycles. The van der Waals surface area contributed by atoms with E-state index in [2.05, 4.69) is 4.98 Å². The van der Waals surface area contributed by atoms with Gasteiger partial charge in [-0.3, -0.25) is 19.5 Å². The number of benzene rings is 2. The molecule has 7 nitrogen and oxygen atoms in total. The lowest BCUT2D eigenvalue weighted by atomic mass is 10.2. The van der Waals surface area contributed by atoms with Gasteiger partial charge in [0.25, 0.3) is 11.2 Å². The molecule has 128 valence electrons. The Kier molecular flexibility index (Phi) is 4.99. The van der Waals surface area contributed by atoms with Crippen molar-refractivity contribution in [3.8, 4) is 5.75 Å². The number of non-ortho nitro benzene ring substituents is 1. The van der Waals surface area contributed by atoms with Crippen LogP contribution in [0.15, 0.2) is 58.5 Å². The summed E-state index contributed by atoms with van der Waals surface area (Å²) in [6.07, 6.45) is 0. The van der Waals surface area contributed by atoms with Crippen LogP contribution >= 0.6 is 11.8 Å². The highest BCUT2D eigenvalue weighted by molar-refractivity contribution is 7.99. The third-order valence-corrected chi connectivity index (χ3v) is 4.55. The van der Waals surface area contributed by atoms with Crippen LogP contribution < -0.4 is 10.3 Å². The van der Waals surface area contributed by atoms with Gasteiger partial charge >= 0.3 is 0 Å². The Balaban J connectivity index is 1.66. The maximum absolute atomic E-state index is 12.3. The number of rotatable bonds is 6. The van der Waals surface area contributed by atoms with Crippen molar-refractivity contribution < 1.29 is 9.66 Å². The number of thioether (sulfide) groups is 1. The molecule has 0 bridgehead atoms. The van der Waals surface area contributed by atoms with Gasteiger partial charge in [-0.15, -0.1) is 0 Å². The fourth-order valence-corrected chi connectivity index (χ4v) is 3.09. The van der Waals surface area contributed by atoms with Crippen molar-refractivity contribution >= 4 is 28.4 Å². The van der Waals surface area contributed by atoms with Crippen molar-refractivity contribution in [2.75, 3.05) is 12.4 Å². The molecule has 2 aromatic carbocycles. The van der Waals surface area contributed by atoms with E-state index < -0.39 is 4.92 Å². The van der Waals surface area contributed by atoms with Gasteiger partial charge in [-0.2, -0.15) is 0 Å². The summed E-state index contributed by atoms with van der Waals surface area (Å²) < 4.78 is 7.05. The van der Waals surface area contributed by atoms with Crippen molar-refractivity contribution in [3.05, 3.63) is 69.0 Å². The summed E-state index contributed by atoms with van der Waals surface area (Å²) >= 11 is 1.40. The molecule has 0 aliphatic carbocycles. The van der Waals surface area contributed by atoms with Crippen LogP contribution in [0.25, 0.3) is 10.9 Å². The number of nitrogens with zero attached hydrogens (tertiary/aromatic N) is 3. The third-order valence-electron chi connectivity index (χ3n) is 3.55. The maximum atomic E-state index is 12.3. The number of hydrogen-bond donors (Lipinski definition) is 0. The molecule has 0 unspecified atom stereocenters. The lowest BCUT2D eigenvalue weighted by Crippen LogP contribution is -2.20. The Bertz CT molecular complexity index is 987. The van der Waals surface area contributed by atoms with Gasteiger partial charge in [-0.25, -0.2) is 4.98 Å². The molecule has 3 rings (SSSR count). The van der Waals surface area contributed by atoms with E-state index in [1.54, 1.807) is 31.3 Å². The minimum absolute atomic E-state index is 0.0104. The molecule has 0 saturated carbocycles. The van der Waals surface area contributed by atoms with E-state index in [0.717, 1.165) is 0 Å². The molecular weight excluding hydrogens is 342 g/mol. The minimum atomic E-state index is -0.462. The Morgan fingerprint density at radius 3 is 2.84 bits per heavy atom. The van der Waals surface area contributed by atoms with E-state index in [0.29, 0.717) is 34.2 Å². The number of ether oxygens (including phenoxy) is 1. The van der Waals surface area contributed by atoms with Crippen LogP contribution in [0, 0.1) is 10.1 Å². The second-order valence-electron chi connectivity index (χ2n) is 5.23. The quantitative estimate of drug-likeness (QED) is 0.222. The van der Waals surface area contributed by atoms with E-state index in [9.17, 15) is 14.9 Å². The van der Waals surface area contributed by atoms with Crippen LogP contribution in [0.3, 0.4) is 0 Å². The van der Waals surface area contributed by atoms with Crippen LogP contribution in [0.5, 0.6) is 5.75 Å². The smallest absolute Gasteiger partial charge is 0.273 e. The predicted molar refractivity (Wildman–Crippen MR) is 96.3 cm³/mol.